The molecule has 1 aromatic heterocycles. The van der Waals surface area contributed by atoms with E-state index >= 15 is 0 Å². The third-order valence-electron chi connectivity index (χ3n) is 2.34. The maximum absolute atomic E-state index is 12.1. The van der Waals surface area contributed by atoms with E-state index < -0.39 is 5.97 Å². The summed E-state index contributed by atoms with van der Waals surface area (Å²) in [7, 11) is 1.30. The molecule has 17 heavy (non-hydrogen) atoms. The van der Waals surface area contributed by atoms with Crippen LogP contribution >= 0.6 is 0 Å². The molecule has 0 bridgehead atoms. The van der Waals surface area contributed by atoms with Gasteiger partial charge in [0.2, 0.25) is 0 Å². The van der Waals surface area contributed by atoms with Crippen molar-refractivity contribution in [3.05, 3.63) is 30.1 Å². The standard InChI is InChI=1S/C12H16N2O3/c1-9(2)14(8-11(15)17-3)12(16)10-4-6-13-7-5-10/h4-7,9H,8H2,1-3H3. The molecule has 1 rings (SSSR count). The summed E-state index contributed by atoms with van der Waals surface area (Å²) in [4.78, 5) is 28.7. The summed E-state index contributed by atoms with van der Waals surface area (Å²) < 4.78 is 4.57. The smallest absolute Gasteiger partial charge is 0.325 e. The minimum atomic E-state index is -0.430. The number of rotatable bonds is 4. The molecule has 0 saturated heterocycles. The molecular weight excluding hydrogens is 220 g/mol. The van der Waals surface area contributed by atoms with E-state index in [1.54, 1.807) is 24.5 Å². The molecule has 92 valence electrons. The molecule has 0 aromatic carbocycles. The average Bonchev–Trinajstić information content (AvgIpc) is 2.35. The molecule has 0 aliphatic rings. The summed E-state index contributed by atoms with van der Waals surface area (Å²) in [6, 6.07) is 3.17. The van der Waals surface area contributed by atoms with Crippen molar-refractivity contribution in [2.75, 3.05) is 13.7 Å². The number of pyridine rings is 1. The van der Waals surface area contributed by atoms with E-state index in [1.807, 2.05) is 13.8 Å². The molecule has 5 heteroatoms. The molecule has 0 fully saturated rings. The molecule has 1 amide bonds. The summed E-state index contributed by atoms with van der Waals surface area (Å²) in [5, 5.41) is 0. The Bertz CT molecular complexity index is 390. The van der Waals surface area contributed by atoms with Crippen molar-refractivity contribution in [1.29, 1.82) is 0 Å². The van der Waals surface area contributed by atoms with Crippen LogP contribution in [0.1, 0.15) is 24.2 Å². The van der Waals surface area contributed by atoms with Gasteiger partial charge in [0, 0.05) is 24.0 Å². The summed E-state index contributed by atoms with van der Waals surface area (Å²) >= 11 is 0. The summed E-state index contributed by atoms with van der Waals surface area (Å²) in [6.07, 6.45) is 3.09. The van der Waals surface area contributed by atoms with Crippen molar-refractivity contribution in [2.45, 2.75) is 19.9 Å². The highest BCUT2D eigenvalue weighted by Gasteiger charge is 2.21. The molecule has 0 N–H and O–H groups in total. The molecule has 0 aliphatic carbocycles. The van der Waals surface area contributed by atoms with Crippen LogP contribution in [0.2, 0.25) is 0 Å². The Morgan fingerprint density at radius 2 is 1.94 bits per heavy atom. The number of carbonyl (C=O) groups is 2. The van der Waals surface area contributed by atoms with E-state index in [0.717, 1.165) is 0 Å². The fourth-order valence-electron chi connectivity index (χ4n) is 1.35. The van der Waals surface area contributed by atoms with Gasteiger partial charge in [-0.05, 0) is 26.0 Å². The van der Waals surface area contributed by atoms with Gasteiger partial charge in [-0.1, -0.05) is 0 Å². The van der Waals surface area contributed by atoms with Crippen LogP contribution in [0.3, 0.4) is 0 Å². The lowest BCUT2D eigenvalue weighted by Gasteiger charge is -2.25. The van der Waals surface area contributed by atoms with Crippen LogP contribution in [0.4, 0.5) is 0 Å². The average molecular weight is 236 g/mol. The highest BCUT2D eigenvalue weighted by atomic mass is 16.5. The molecule has 1 aromatic rings. The number of hydrogen-bond donors (Lipinski definition) is 0. The van der Waals surface area contributed by atoms with Crippen molar-refractivity contribution < 1.29 is 14.3 Å². The number of amides is 1. The predicted octanol–water partition coefficient (Wildman–Crippen LogP) is 1.11. The number of methoxy groups -OCH3 is 1. The number of nitrogens with zero attached hydrogens (tertiary/aromatic N) is 2. The summed E-state index contributed by atoms with van der Waals surface area (Å²) in [5.74, 6) is -0.631. The van der Waals surface area contributed by atoms with Gasteiger partial charge in [-0.2, -0.15) is 0 Å². The van der Waals surface area contributed by atoms with Crippen molar-refractivity contribution >= 4 is 11.9 Å². The Labute approximate surface area is 100 Å². The molecular formula is C12H16N2O3. The minimum absolute atomic E-state index is 0.0463. The van der Waals surface area contributed by atoms with Crippen molar-refractivity contribution in [1.82, 2.24) is 9.88 Å². The zero-order valence-electron chi connectivity index (χ0n) is 10.2. The van der Waals surface area contributed by atoms with Crippen molar-refractivity contribution in [3.8, 4) is 0 Å². The summed E-state index contributed by atoms with van der Waals surface area (Å²) in [5.41, 5.74) is 0.512. The number of hydrogen-bond acceptors (Lipinski definition) is 4. The van der Waals surface area contributed by atoms with Crippen LogP contribution in [0.15, 0.2) is 24.5 Å². The Morgan fingerprint density at radius 1 is 1.35 bits per heavy atom. The van der Waals surface area contributed by atoms with Gasteiger partial charge in [-0.15, -0.1) is 0 Å². The largest absolute Gasteiger partial charge is 0.468 e. The van der Waals surface area contributed by atoms with E-state index in [4.69, 9.17) is 0 Å². The second-order valence-corrected chi connectivity index (χ2v) is 3.84. The fourth-order valence-corrected chi connectivity index (χ4v) is 1.35. The second kappa shape index (κ2) is 5.98. The van der Waals surface area contributed by atoms with E-state index in [9.17, 15) is 9.59 Å². The monoisotopic (exact) mass is 236 g/mol. The first kappa shape index (κ1) is 13.2. The molecule has 1 heterocycles. The third-order valence-corrected chi connectivity index (χ3v) is 2.34. The first-order valence-electron chi connectivity index (χ1n) is 5.34. The van der Waals surface area contributed by atoms with Crippen LogP contribution in [0.5, 0.6) is 0 Å². The van der Waals surface area contributed by atoms with Crippen LogP contribution in [0.25, 0.3) is 0 Å². The highest BCUT2D eigenvalue weighted by molar-refractivity contribution is 5.96. The second-order valence-electron chi connectivity index (χ2n) is 3.84. The van der Waals surface area contributed by atoms with Crippen molar-refractivity contribution in [3.63, 3.8) is 0 Å². The van der Waals surface area contributed by atoms with Gasteiger partial charge in [-0.3, -0.25) is 14.6 Å². The quantitative estimate of drug-likeness (QED) is 0.735. The topological polar surface area (TPSA) is 59.5 Å². The van der Waals surface area contributed by atoms with Crippen LogP contribution < -0.4 is 0 Å². The summed E-state index contributed by atoms with van der Waals surface area (Å²) in [6.45, 7) is 3.65. The molecule has 5 nitrogen and oxygen atoms in total. The number of aromatic nitrogens is 1. The molecule has 0 spiro atoms. The maximum Gasteiger partial charge on any atom is 0.325 e. The van der Waals surface area contributed by atoms with E-state index in [-0.39, 0.29) is 18.5 Å². The van der Waals surface area contributed by atoms with Gasteiger partial charge in [0.15, 0.2) is 0 Å². The molecule has 0 aliphatic heterocycles. The molecule has 0 radical (unpaired) electrons. The Kier molecular flexibility index (Phi) is 4.63. The molecule has 0 unspecified atom stereocenters. The lowest BCUT2D eigenvalue weighted by atomic mass is 10.2. The van der Waals surface area contributed by atoms with E-state index in [0.29, 0.717) is 5.56 Å². The first-order valence-corrected chi connectivity index (χ1v) is 5.34. The van der Waals surface area contributed by atoms with E-state index in [1.165, 1.54) is 12.0 Å². The SMILES string of the molecule is COC(=O)CN(C(=O)c1ccncc1)C(C)C. The Hall–Kier alpha value is -1.91. The number of esters is 1. The van der Waals surface area contributed by atoms with Gasteiger partial charge in [-0.25, -0.2) is 0 Å². The zero-order chi connectivity index (χ0) is 12.8. The molecule has 0 atom stereocenters. The Morgan fingerprint density at radius 3 is 2.41 bits per heavy atom. The van der Waals surface area contributed by atoms with Crippen LogP contribution in [-0.2, 0) is 9.53 Å². The highest BCUT2D eigenvalue weighted by Crippen LogP contribution is 2.07. The van der Waals surface area contributed by atoms with Gasteiger partial charge in [0.1, 0.15) is 6.54 Å². The lowest BCUT2D eigenvalue weighted by Crippen LogP contribution is -2.41. The van der Waals surface area contributed by atoms with Crippen LogP contribution in [0, 0.1) is 0 Å². The fraction of sp³-hybridized carbons (Fsp3) is 0.417. The Balaban J connectivity index is 2.85. The minimum Gasteiger partial charge on any atom is -0.468 e. The van der Waals surface area contributed by atoms with Gasteiger partial charge in [0.05, 0.1) is 7.11 Å². The maximum atomic E-state index is 12.1. The number of ether oxygens (including phenoxy) is 1. The zero-order valence-corrected chi connectivity index (χ0v) is 10.2. The number of carbonyl (C=O) groups excluding carboxylic acids is 2. The van der Waals surface area contributed by atoms with Crippen LogP contribution in [-0.4, -0.2) is 41.5 Å². The predicted molar refractivity (Wildman–Crippen MR) is 62.4 cm³/mol. The first-order chi connectivity index (χ1) is 8.06. The third kappa shape index (κ3) is 3.55. The lowest BCUT2D eigenvalue weighted by molar-refractivity contribution is -0.141. The van der Waals surface area contributed by atoms with Gasteiger partial charge >= 0.3 is 5.97 Å². The van der Waals surface area contributed by atoms with Crippen molar-refractivity contribution in [2.24, 2.45) is 0 Å². The van der Waals surface area contributed by atoms with Gasteiger partial charge in [0.25, 0.3) is 5.91 Å². The normalized spacial score (nSPS) is 10.1. The van der Waals surface area contributed by atoms with E-state index in [2.05, 4.69) is 9.72 Å². The molecule has 0 saturated carbocycles. The van der Waals surface area contributed by atoms with Gasteiger partial charge < -0.3 is 9.64 Å².